The fourth-order valence-corrected chi connectivity index (χ4v) is 2.43. The number of hydrogen-bond donors (Lipinski definition) is 2. The minimum atomic E-state index is -0.916. The summed E-state index contributed by atoms with van der Waals surface area (Å²) in [6, 6.07) is 0. The molecule has 5 nitrogen and oxygen atoms in total. The van der Waals surface area contributed by atoms with Crippen molar-refractivity contribution in [2.24, 2.45) is 5.92 Å². The fourth-order valence-electron chi connectivity index (χ4n) is 2.43. The SMILES string of the molecule is O=C(NCC1CCC(C(=O)O)O1)C1CC=CCC1. The quantitative estimate of drug-likeness (QED) is 0.735. The largest absolute Gasteiger partial charge is 0.479 e. The number of nitrogens with one attached hydrogen (secondary N) is 1. The number of carboxylic acids is 1. The highest BCUT2D eigenvalue weighted by molar-refractivity contribution is 5.79. The average Bonchev–Trinajstić information content (AvgIpc) is 2.86. The van der Waals surface area contributed by atoms with Crippen LogP contribution in [0.25, 0.3) is 0 Å². The van der Waals surface area contributed by atoms with Crippen LogP contribution >= 0.6 is 0 Å². The van der Waals surface area contributed by atoms with Gasteiger partial charge in [0.05, 0.1) is 6.10 Å². The van der Waals surface area contributed by atoms with Crippen LogP contribution in [0.5, 0.6) is 0 Å². The third-order valence-corrected chi connectivity index (χ3v) is 3.53. The molecule has 18 heavy (non-hydrogen) atoms. The van der Waals surface area contributed by atoms with E-state index in [0.29, 0.717) is 19.4 Å². The summed E-state index contributed by atoms with van der Waals surface area (Å²) in [6.45, 7) is 0.419. The van der Waals surface area contributed by atoms with E-state index in [1.807, 2.05) is 6.08 Å². The topological polar surface area (TPSA) is 75.6 Å². The van der Waals surface area contributed by atoms with Crippen LogP contribution in [0.2, 0.25) is 0 Å². The molecule has 0 bridgehead atoms. The average molecular weight is 253 g/mol. The van der Waals surface area contributed by atoms with Crippen molar-refractivity contribution in [2.75, 3.05) is 6.54 Å². The highest BCUT2D eigenvalue weighted by Crippen LogP contribution is 2.20. The monoisotopic (exact) mass is 253 g/mol. The number of carbonyl (C=O) groups excluding carboxylic acids is 1. The van der Waals surface area contributed by atoms with Gasteiger partial charge in [-0.05, 0) is 32.1 Å². The maximum absolute atomic E-state index is 11.9. The molecule has 0 spiro atoms. The fraction of sp³-hybridized carbons (Fsp3) is 0.692. The first-order valence-electron chi connectivity index (χ1n) is 6.48. The van der Waals surface area contributed by atoms with Gasteiger partial charge in [0.25, 0.3) is 0 Å². The number of carbonyl (C=O) groups is 2. The van der Waals surface area contributed by atoms with Gasteiger partial charge in [-0.25, -0.2) is 4.79 Å². The number of rotatable bonds is 4. The standard InChI is InChI=1S/C13H19NO4/c15-12(9-4-2-1-3-5-9)14-8-10-6-7-11(18-10)13(16)17/h1-2,9-11H,3-8H2,(H,14,15)(H,16,17). The van der Waals surface area contributed by atoms with Gasteiger partial charge in [0.15, 0.2) is 6.10 Å². The van der Waals surface area contributed by atoms with Crippen molar-refractivity contribution >= 4 is 11.9 Å². The van der Waals surface area contributed by atoms with Gasteiger partial charge < -0.3 is 15.2 Å². The predicted molar refractivity (Wildman–Crippen MR) is 65.0 cm³/mol. The highest BCUT2D eigenvalue weighted by Gasteiger charge is 2.31. The Hall–Kier alpha value is -1.36. The van der Waals surface area contributed by atoms with E-state index in [1.165, 1.54) is 0 Å². The molecule has 1 aliphatic heterocycles. The summed E-state index contributed by atoms with van der Waals surface area (Å²) < 4.78 is 5.33. The van der Waals surface area contributed by atoms with Crippen molar-refractivity contribution in [2.45, 2.75) is 44.3 Å². The summed E-state index contributed by atoms with van der Waals surface area (Å²) in [5.74, 6) is -0.797. The Labute approximate surface area is 106 Å². The van der Waals surface area contributed by atoms with Crippen LogP contribution in [-0.4, -0.2) is 35.7 Å². The Morgan fingerprint density at radius 2 is 2.11 bits per heavy atom. The Bertz CT molecular complexity index is 353. The molecule has 1 fully saturated rings. The number of allylic oxidation sites excluding steroid dienone is 2. The molecule has 2 N–H and O–H groups in total. The number of amides is 1. The molecule has 0 aromatic rings. The van der Waals surface area contributed by atoms with Crippen LogP contribution in [-0.2, 0) is 14.3 Å². The van der Waals surface area contributed by atoms with Crippen molar-refractivity contribution < 1.29 is 19.4 Å². The number of ether oxygens (including phenoxy) is 1. The van der Waals surface area contributed by atoms with Crippen LogP contribution in [0.3, 0.4) is 0 Å². The molecule has 100 valence electrons. The summed E-state index contributed by atoms with van der Waals surface area (Å²) in [6.07, 6.45) is 7.16. The molecule has 3 atom stereocenters. The van der Waals surface area contributed by atoms with Gasteiger partial charge in [0.2, 0.25) is 5.91 Å². The normalized spacial score (nSPS) is 31.2. The van der Waals surface area contributed by atoms with Gasteiger partial charge in [-0.15, -0.1) is 0 Å². The molecule has 2 rings (SSSR count). The Kier molecular flexibility index (Phi) is 4.36. The van der Waals surface area contributed by atoms with E-state index in [4.69, 9.17) is 9.84 Å². The van der Waals surface area contributed by atoms with E-state index in [9.17, 15) is 9.59 Å². The summed E-state index contributed by atoms with van der Waals surface area (Å²) in [7, 11) is 0. The summed E-state index contributed by atoms with van der Waals surface area (Å²) >= 11 is 0. The van der Waals surface area contributed by atoms with Crippen LogP contribution in [0, 0.1) is 5.92 Å². The van der Waals surface area contributed by atoms with E-state index >= 15 is 0 Å². The van der Waals surface area contributed by atoms with E-state index in [-0.39, 0.29) is 17.9 Å². The minimum Gasteiger partial charge on any atom is -0.479 e. The zero-order valence-electron chi connectivity index (χ0n) is 10.3. The molecular formula is C13H19NO4. The molecule has 0 radical (unpaired) electrons. The first kappa shape index (κ1) is 13.1. The number of hydrogen-bond acceptors (Lipinski definition) is 3. The second kappa shape index (κ2) is 6.00. The lowest BCUT2D eigenvalue weighted by Gasteiger charge is -2.19. The molecule has 3 unspecified atom stereocenters. The molecule has 2 aliphatic rings. The van der Waals surface area contributed by atoms with E-state index in [0.717, 1.165) is 19.3 Å². The molecule has 1 saturated heterocycles. The number of carboxylic acid groups (broad SMARTS) is 1. The first-order chi connectivity index (χ1) is 8.66. The van der Waals surface area contributed by atoms with Gasteiger partial charge in [-0.1, -0.05) is 12.2 Å². The van der Waals surface area contributed by atoms with Gasteiger partial charge in [-0.2, -0.15) is 0 Å². The molecule has 1 aliphatic carbocycles. The van der Waals surface area contributed by atoms with Crippen molar-refractivity contribution in [1.29, 1.82) is 0 Å². The van der Waals surface area contributed by atoms with Gasteiger partial charge in [0.1, 0.15) is 0 Å². The van der Waals surface area contributed by atoms with Crippen molar-refractivity contribution in [3.05, 3.63) is 12.2 Å². The third-order valence-electron chi connectivity index (χ3n) is 3.53. The maximum atomic E-state index is 11.9. The number of aliphatic carboxylic acids is 1. The minimum absolute atomic E-state index is 0.0572. The molecule has 0 saturated carbocycles. The molecule has 5 heteroatoms. The van der Waals surface area contributed by atoms with Crippen LogP contribution < -0.4 is 5.32 Å². The Balaban J connectivity index is 1.70. The molecule has 0 aromatic heterocycles. The van der Waals surface area contributed by atoms with Gasteiger partial charge in [-0.3, -0.25) is 4.79 Å². The lowest BCUT2D eigenvalue weighted by molar-refractivity contribution is -0.149. The summed E-state index contributed by atoms with van der Waals surface area (Å²) in [5, 5.41) is 11.7. The molecular weight excluding hydrogens is 234 g/mol. The van der Waals surface area contributed by atoms with Crippen molar-refractivity contribution in [1.82, 2.24) is 5.32 Å². The van der Waals surface area contributed by atoms with E-state index < -0.39 is 12.1 Å². The van der Waals surface area contributed by atoms with Crippen molar-refractivity contribution in [3.8, 4) is 0 Å². The highest BCUT2D eigenvalue weighted by atomic mass is 16.5. The van der Waals surface area contributed by atoms with Crippen molar-refractivity contribution in [3.63, 3.8) is 0 Å². The van der Waals surface area contributed by atoms with Gasteiger partial charge in [0, 0.05) is 12.5 Å². The zero-order valence-corrected chi connectivity index (χ0v) is 10.3. The van der Waals surface area contributed by atoms with E-state index in [1.54, 1.807) is 0 Å². The van der Waals surface area contributed by atoms with Crippen LogP contribution in [0.1, 0.15) is 32.1 Å². The molecule has 0 aromatic carbocycles. The maximum Gasteiger partial charge on any atom is 0.332 e. The van der Waals surface area contributed by atoms with Crippen LogP contribution in [0.4, 0.5) is 0 Å². The second-order valence-electron chi connectivity index (χ2n) is 4.89. The van der Waals surface area contributed by atoms with E-state index in [2.05, 4.69) is 11.4 Å². The van der Waals surface area contributed by atoms with Crippen LogP contribution in [0.15, 0.2) is 12.2 Å². The zero-order chi connectivity index (χ0) is 13.0. The Morgan fingerprint density at radius 1 is 1.28 bits per heavy atom. The smallest absolute Gasteiger partial charge is 0.332 e. The third kappa shape index (κ3) is 3.32. The lowest BCUT2D eigenvalue weighted by Crippen LogP contribution is -2.37. The summed E-state index contributed by atoms with van der Waals surface area (Å²) in [4.78, 5) is 22.6. The summed E-state index contributed by atoms with van der Waals surface area (Å²) in [5.41, 5.74) is 0. The molecule has 1 heterocycles. The molecule has 1 amide bonds. The second-order valence-corrected chi connectivity index (χ2v) is 4.89. The first-order valence-corrected chi connectivity index (χ1v) is 6.48. The predicted octanol–water partition coefficient (Wildman–Crippen LogP) is 1.09. The Morgan fingerprint density at radius 3 is 2.72 bits per heavy atom. The van der Waals surface area contributed by atoms with Gasteiger partial charge >= 0.3 is 5.97 Å². The lowest BCUT2D eigenvalue weighted by atomic mass is 9.93.